The number of aryl methyl sites for hydroxylation is 1. The molecule has 18 rings (SSSR count). The minimum Gasteiger partial charge on any atom is -0.309 e. The average Bonchev–Trinajstić information content (AvgIpc) is 1.75. The predicted molar refractivity (Wildman–Crippen MR) is 378 cm³/mol. The van der Waals surface area contributed by atoms with E-state index in [9.17, 15) is 5.26 Å². The number of rotatable bonds is 9. The van der Waals surface area contributed by atoms with Crippen LogP contribution in [0.5, 0.6) is 0 Å². The molecule has 0 fully saturated rings. The van der Waals surface area contributed by atoms with Crippen molar-refractivity contribution in [3.8, 4) is 84.5 Å². The zero-order valence-corrected chi connectivity index (χ0v) is 49.6. The maximum atomic E-state index is 12.4. The minimum atomic E-state index is 0.569. The monoisotopic (exact) mass is 1160 g/mol. The predicted octanol–water partition coefficient (Wildman–Crippen LogP) is 22.0. The maximum absolute atomic E-state index is 12.4. The number of hydrogen-bond acceptors (Lipinski definition) is 2. The molecule has 6 heteroatoms. The van der Waals surface area contributed by atoms with E-state index in [4.69, 9.17) is 0 Å². The normalized spacial score (nSPS) is 11.8. The lowest BCUT2D eigenvalue weighted by molar-refractivity contribution is 1.18. The molecule has 18 aromatic rings. The molecule has 424 valence electrons. The van der Waals surface area contributed by atoms with E-state index in [1.165, 1.54) is 48.7 Å². The largest absolute Gasteiger partial charge is 0.309 e. The fourth-order valence-corrected chi connectivity index (χ4v) is 14.9. The van der Waals surface area contributed by atoms with Crippen LogP contribution in [-0.2, 0) is 0 Å². The fourth-order valence-electron chi connectivity index (χ4n) is 14.9. The molecule has 0 saturated heterocycles. The Balaban J connectivity index is 0.937. The Morgan fingerprint density at radius 1 is 0.253 bits per heavy atom. The number of aromatic nitrogens is 5. The van der Waals surface area contributed by atoms with Crippen LogP contribution in [0.1, 0.15) is 11.1 Å². The van der Waals surface area contributed by atoms with Gasteiger partial charge in [-0.05, 0) is 167 Å². The van der Waals surface area contributed by atoms with Crippen LogP contribution < -0.4 is 0 Å². The molecule has 0 aliphatic carbocycles. The van der Waals surface area contributed by atoms with Gasteiger partial charge < -0.3 is 18.3 Å². The van der Waals surface area contributed by atoms with E-state index in [0.29, 0.717) is 5.56 Å². The molecule has 0 aliphatic heterocycles. The molecule has 0 unspecified atom stereocenters. The van der Waals surface area contributed by atoms with E-state index in [0.717, 1.165) is 123 Å². The van der Waals surface area contributed by atoms with Crippen molar-refractivity contribution in [1.82, 2.24) is 23.3 Å². The van der Waals surface area contributed by atoms with E-state index < -0.39 is 0 Å². The van der Waals surface area contributed by atoms with Gasteiger partial charge in [0.15, 0.2) is 0 Å². The summed E-state index contributed by atoms with van der Waals surface area (Å²) in [6, 6.07) is 110. The third-order valence-corrected chi connectivity index (χ3v) is 18.8. The molecule has 0 bridgehead atoms. The topological polar surface area (TPSA) is 56.4 Å². The van der Waals surface area contributed by atoms with Crippen molar-refractivity contribution in [2.45, 2.75) is 6.92 Å². The Bertz CT molecular complexity index is 5830. The SMILES string of the molecule is Cc1ccc2c(c1)c1ccccc1n2-c1ccc(-c2c(C#N)c(-c3ccncc3)c(-c3ccc(-n4c5ccccc5c5ccccc54)cc3)c(-c3ccc(-n4c5ccccc5c5ccccc54)cc3)c2-c2ccc(-n3c4ccccc4c4ccccc43)cc2)cc1. The summed E-state index contributed by atoms with van der Waals surface area (Å²) in [6.07, 6.45) is 3.68. The zero-order chi connectivity index (χ0) is 60.3. The number of nitriles is 1. The summed E-state index contributed by atoms with van der Waals surface area (Å²) in [6.45, 7) is 2.16. The van der Waals surface area contributed by atoms with E-state index >= 15 is 0 Å². The second kappa shape index (κ2) is 20.7. The van der Waals surface area contributed by atoms with E-state index in [1.807, 2.05) is 12.4 Å². The van der Waals surface area contributed by atoms with Gasteiger partial charge in [0.25, 0.3) is 0 Å². The molecule has 91 heavy (non-hydrogen) atoms. The van der Waals surface area contributed by atoms with Crippen LogP contribution in [0.3, 0.4) is 0 Å². The number of fused-ring (bicyclic) bond motifs is 12. The molecule has 0 aliphatic rings. The molecule has 0 N–H and O–H groups in total. The number of para-hydroxylation sites is 7. The Hall–Kier alpha value is -12.3. The molecular formula is C85H54N6. The summed E-state index contributed by atoms with van der Waals surface area (Å²) in [5.41, 5.74) is 24.4. The summed E-state index contributed by atoms with van der Waals surface area (Å²) in [5, 5.41) is 22.0. The van der Waals surface area contributed by atoms with Crippen molar-refractivity contribution in [2.75, 3.05) is 0 Å². The number of pyridine rings is 1. The molecule has 6 nitrogen and oxygen atoms in total. The lowest BCUT2D eigenvalue weighted by atomic mass is 9.76. The van der Waals surface area contributed by atoms with Crippen LogP contribution in [0.15, 0.2) is 310 Å². The third kappa shape index (κ3) is 8.01. The molecule has 5 heterocycles. The smallest absolute Gasteiger partial charge is 0.100 e. The minimum absolute atomic E-state index is 0.569. The highest BCUT2D eigenvalue weighted by Gasteiger charge is 2.30. The molecular weight excluding hydrogens is 1100 g/mol. The van der Waals surface area contributed by atoms with Crippen molar-refractivity contribution < 1.29 is 0 Å². The van der Waals surface area contributed by atoms with Gasteiger partial charge in [0.1, 0.15) is 6.07 Å². The third-order valence-electron chi connectivity index (χ3n) is 18.8. The average molecular weight is 1160 g/mol. The lowest BCUT2D eigenvalue weighted by Crippen LogP contribution is -2.03. The first kappa shape index (κ1) is 51.9. The Kier molecular flexibility index (Phi) is 11.8. The highest BCUT2D eigenvalue weighted by Crippen LogP contribution is 2.54. The fraction of sp³-hybridized carbons (Fsp3) is 0.0118. The van der Waals surface area contributed by atoms with Gasteiger partial charge in [0.05, 0.1) is 49.7 Å². The van der Waals surface area contributed by atoms with Crippen molar-refractivity contribution >= 4 is 87.2 Å². The molecule has 0 saturated carbocycles. The summed E-state index contributed by atoms with van der Waals surface area (Å²) < 4.78 is 9.48. The van der Waals surface area contributed by atoms with E-state index in [1.54, 1.807) is 0 Å². The van der Waals surface area contributed by atoms with E-state index in [-0.39, 0.29) is 0 Å². The van der Waals surface area contributed by atoms with Gasteiger partial charge in [0.2, 0.25) is 0 Å². The van der Waals surface area contributed by atoms with Gasteiger partial charge in [-0.2, -0.15) is 5.26 Å². The highest BCUT2D eigenvalue weighted by atomic mass is 15.0. The Morgan fingerprint density at radius 3 is 0.791 bits per heavy atom. The molecule has 5 aromatic heterocycles. The number of benzene rings is 13. The highest BCUT2D eigenvalue weighted by molar-refractivity contribution is 6.15. The first-order valence-corrected chi connectivity index (χ1v) is 31.0. The number of hydrogen-bond donors (Lipinski definition) is 0. The maximum Gasteiger partial charge on any atom is 0.100 e. The Labute approximate surface area is 524 Å². The first-order chi connectivity index (χ1) is 45.1. The quantitative estimate of drug-likeness (QED) is 0.145. The van der Waals surface area contributed by atoms with Gasteiger partial charge >= 0.3 is 0 Å². The van der Waals surface area contributed by atoms with Crippen LogP contribution in [0.25, 0.3) is 166 Å². The van der Waals surface area contributed by atoms with Crippen LogP contribution >= 0.6 is 0 Å². The van der Waals surface area contributed by atoms with Crippen LogP contribution in [0.4, 0.5) is 0 Å². The summed E-state index contributed by atoms with van der Waals surface area (Å²) >= 11 is 0. The van der Waals surface area contributed by atoms with Crippen molar-refractivity contribution in [2.24, 2.45) is 0 Å². The first-order valence-electron chi connectivity index (χ1n) is 31.0. The summed E-state index contributed by atoms with van der Waals surface area (Å²) in [7, 11) is 0. The van der Waals surface area contributed by atoms with Gasteiger partial charge in [-0.3, -0.25) is 4.98 Å². The molecule has 0 radical (unpaired) electrons. The van der Waals surface area contributed by atoms with Gasteiger partial charge in [-0.25, -0.2) is 0 Å². The van der Waals surface area contributed by atoms with E-state index in [2.05, 4.69) is 333 Å². The molecule has 0 atom stereocenters. The zero-order valence-electron chi connectivity index (χ0n) is 49.6. The molecule has 0 spiro atoms. The van der Waals surface area contributed by atoms with Gasteiger partial charge in [-0.15, -0.1) is 0 Å². The lowest BCUT2D eigenvalue weighted by Gasteiger charge is -2.26. The van der Waals surface area contributed by atoms with Gasteiger partial charge in [-0.1, -0.05) is 188 Å². The molecule has 0 amide bonds. The van der Waals surface area contributed by atoms with Crippen LogP contribution in [0.2, 0.25) is 0 Å². The standard InChI is InChI=1S/C85H54N6/c1-54-30-47-80-71(52-54)70-22-8-15-29-79(70)91(80)63-39-31-55(32-40-63)81-72(53-86)82(59-48-50-87-51-49-59)84(57-35-43-61(44-36-57)89-75-25-11-4-18-66(75)67-19-5-12-26-76(67)89)85(58-37-45-62(46-38-58)90-77-27-13-6-20-68(77)69-21-7-14-28-78(69)90)83(81)56-33-41-60(42-34-56)88-73-23-9-2-16-64(73)65-17-3-10-24-74(65)88/h2-52H,1H3. The molecule has 13 aromatic carbocycles. The second-order valence-electron chi connectivity index (χ2n) is 23.8. The van der Waals surface area contributed by atoms with Crippen LogP contribution in [0, 0.1) is 18.3 Å². The summed E-state index contributed by atoms with van der Waals surface area (Å²) in [5.74, 6) is 0. The van der Waals surface area contributed by atoms with Crippen molar-refractivity contribution in [1.29, 1.82) is 5.26 Å². The second-order valence-corrected chi connectivity index (χ2v) is 23.8. The Morgan fingerprint density at radius 2 is 0.495 bits per heavy atom. The summed E-state index contributed by atoms with van der Waals surface area (Å²) in [4.78, 5) is 4.58. The van der Waals surface area contributed by atoms with Crippen LogP contribution in [-0.4, -0.2) is 23.3 Å². The van der Waals surface area contributed by atoms with Gasteiger partial charge in [0, 0.05) is 89.4 Å². The van der Waals surface area contributed by atoms with Crippen molar-refractivity contribution in [3.63, 3.8) is 0 Å². The number of nitrogens with zero attached hydrogens (tertiary/aromatic N) is 6. The van der Waals surface area contributed by atoms with Crippen molar-refractivity contribution in [3.05, 3.63) is 321 Å².